The molecule has 5 nitrogen and oxygen atoms in total. The largest absolute Gasteiger partial charge is 0.433 e. The zero-order valence-electron chi connectivity index (χ0n) is 7.10. The summed E-state index contributed by atoms with van der Waals surface area (Å²) in [5.74, 6) is 0. The molecule has 1 N–H and O–H groups in total. The molecule has 13 heavy (non-hydrogen) atoms. The van der Waals surface area contributed by atoms with E-state index in [1.54, 1.807) is 24.5 Å². The standard InChI is InChI=1S/C8H9N3O2/c1-9-8(12)13-11-6-7-3-2-4-10-5-7/h2-6H,1H3,(H,9,12). The first-order chi connectivity index (χ1) is 6.33. The third-order valence-corrected chi connectivity index (χ3v) is 1.23. The van der Waals surface area contributed by atoms with Crippen LogP contribution in [0, 0.1) is 0 Å². The Kier molecular flexibility index (Phi) is 3.44. The average Bonchev–Trinajstić information content (AvgIpc) is 2.19. The molecule has 1 aromatic rings. The summed E-state index contributed by atoms with van der Waals surface area (Å²) in [6.45, 7) is 0. The van der Waals surface area contributed by atoms with Gasteiger partial charge in [-0.1, -0.05) is 11.2 Å². The predicted molar refractivity (Wildman–Crippen MR) is 47.4 cm³/mol. The van der Waals surface area contributed by atoms with Gasteiger partial charge in [0, 0.05) is 25.0 Å². The van der Waals surface area contributed by atoms with Gasteiger partial charge in [-0.3, -0.25) is 9.82 Å². The third kappa shape index (κ3) is 3.33. The van der Waals surface area contributed by atoms with Crippen molar-refractivity contribution in [1.82, 2.24) is 10.3 Å². The third-order valence-electron chi connectivity index (χ3n) is 1.23. The van der Waals surface area contributed by atoms with Gasteiger partial charge in [0.1, 0.15) is 0 Å². The van der Waals surface area contributed by atoms with Crippen molar-refractivity contribution in [1.29, 1.82) is 0 Å². The van der Waals surface area contributed by atoms with Gasteiger partial charge in [-0.15, -0.1) is 0 Å². The lowest BCUT2D eigenvalue weighted by Gasteiger charge is -1.93. The molecule has 1 rings (SSSR count). The molecule has 0 aliphatic carbocycles. The van der Waals surface area contributed by atoms with Gasteiger partial charge in [-0.05, 0) is 6.07 Å². The Labute approximate surface area is 75.4 Å². The number of oxime groups is 1. The van der Waals surface area contributed by atoms with Crippen molar-refractivity contribution in [2.24, 2.45) is 5.16 Å². The van der Waals surface area contributed by atoms with E-state index in [4.69, 9.17) is 0 Å². The Bertz CT molecular complexity index is 298. The van der Waals surface area contributed by atoms with Crippen LogP contribution in [-0.2, 0) is 4.84 Å². The predicted octanol–water partition coefficient (Wildman–Crippen LogP) is 0.772. The summed E-state index contributed by atoms with van der Waals surface area (Å²) in [7, 11) is 1.46. The Morgan fingerprint density at radius 2 is 2.62 bits per heavy atom. The lowest BCUT2D eigenvalue weighted by molar-refractivity contribution is 0.154. The lowest BCUT2D eigenvalue weighted by atomic mass is 10.3. The molecule has 0 atom stereocenters. The molecule has 0 saturated heterocycles. The molecule has 0 fully saturated rings. The molecule has 0 saturated carbocycles. The summed E-state index contributed by atoms with van der Waals surface area (Å²) in [5.41, 5.74) is 0.770. The van der Waals surface area contributed by atoms with Crippen LogP contribution < -0.4 is 5.32 Å². The first-order valence-electron chi connectivity index (χ1n) is 3.65. The van der Waals surface area contributed by atoms with E-state index in [1.165, 1.54) is 13.3 Å². The van der Waals surface area contributed by atoms with Gasteiger partial charge in [-0.25, -0.2) is 4.79 Å². The molecule has 1 amide bonds. The number of pyridine rings is 1. The molecule has 5 heteroatoms. The lowest BCUT2D eigenvalue weighted by Crippen LogP contribution is -2.16. The molecule has 0 aliphatic rings. The zero-order valence-corrected chi connectivity index (χ0v) is 7.10. The maximum atomic E-state index is 10.5. The second kappa shape index (κ2) is 4.87. The normalized spacial score (nSPS) is 9.92. The summed E-state index contributed by atoms with van der Waals surface area (Å²) < 4.78 is 0. The highest BCUT2D eigenvalue weighted by molar-refractivity contribution is 5.79. The van der Waals surface area contributed by atoms with Crippen LogP contribution in [0.15, 0.2) is 29.7 Å². The van der Waals surface area contributed by atoms with E-state index in [-0.39, 0.29) is 0 Å². The number of aromatic nitrogens is 1. The maximum absolute atomic E-state index is 10.5. The van der Waals surface area contributed by atoms with Crippen LogP contribution in [0.2, 0.25) is 0 Å². The molecule has 0 spiro atoms. The van der Waals surface area contributed by atoms with Crippen molar-refractivity contribution in [2.45, 2.75) is 0 Å². The van der Waals surface area contributed by atoms with Crippen LogP contribution in [0.25, 0.3) is 0 Å². The van der Waals surface area contributed by atoms with Gasteiger partial charge >= 0.3 is 6.09 Å². The highest BCUT2D eigenvalue weighted by atomic mass is 16.7. The van der Waals surface area contributed by atoms with Crippen molar-refractivity contribution in [3.8, 4) is 0 Å². The van der Waals surface area contributed by atoms with Crippen molar-refractivity contribution in [3.63, 3.8) is 0 Å². The Hall–Kier alpha value is -1.91. The van der Waals surface area contributed by atoms with Crippen LogP contribution in [0.1, 0.15) is 5.56 Å². The van der Waals surface area contributed by atoms with Crippen LogP contribution >= 0.6 is 0 Å². The number of rotatable bonds is 2. The second-order valence-electron chi connectivity index (χ2n) is 2.15. The molecule has 1 heterocycles. The summed E-state index contributed by atoms with van der Waals surface area (Å²) in [6, 6.07) is 3.56. The number of carbonyl (C=O) groups is 1. The molecule has 1 aromatic heterocycles. The fourth-order valence-electron chi connectivity index (χ4n) is 0.633. The van der Waals surface area contributed by atoms with Gasteiger partial charge in [0.15, 0.2) is 0 Å². The quantitative estimate of drug-likeness (QED) is 0.414. The number of carbonyl (C=O) groups excluding carboxylic acids is 1. The van der Waals surface area contributed by atoms with Gasteiger partial charge in [0.05, 0.1) is 6.21 Å². The summed E-state index contributed by atoms with van der Waals surface area (Å²) >= 11 is 0. The highest BCUT2D eigenvalue weighted by Crippen LogP contribution is 1.90. The smallest absolute Gasteiger partial charge is 0.323 e. The van der Waals surface area contributed by atoms with Crippen LogP contribution in [0.4, 0.5) is 4.79 Å². The molecular formula is C8H9N3O2. The molecule has 0 radical (unpaired) electrons. The number of amides is 1. The van der Waals surface area contributed by atoms with Crippen molar-refractivity contribution in [2.75, 3.05) is 7.05 Å². The summed E-state index contributed by atoms with van der Waals surface area (Å²) in [6.07, 6.45) is 4.07. The maximum Gasteiger partial charge on any atom is 0.433 e. The summed E-state index contributed by atoms with van der Waals surface area (Å²) in [4.78, 5) is 18.8. The number of hydrogen-bond donors (Lipinski definition) is 1. The van der Waals surface area contributed by atoms with Gasteiger partial charge in [0.25, 0.3) is 0 Å². The van der Waals surface area contributed by atoms with Crippen molar-refractivity contribution >= 4 is 12.3 Å². The highest BCUT2D eigenvalue weighted by Gasteiger charge is 1.92. The van der Waals surface area contributed by atoms with Crippen molar-refractivity contribution in [3.05, 3.63) is 30.1 Å². The minimum atomic E-state index is -0.597. The van der Waals surface area contributed by atoms with E-state index in [0.29, 0.717) is 0 Å². The zero-order chi connectivity index (χ0) is 9.52. The van der Waals surface area contributed by atoms with Crippen LogP contribution in [-0.4, -0.2) is 24.3 Å². The van der Waals surface area contributed by atoms with E-state index < -0.39 is 6.09 Å². The molecule has 68 valence electrons. The van der Waals surface area contributed by atoms with Gasteiger partial charge < -0.3 is 5.32 Å². The fraction of sp³-hybridized carbons (Fsp3) is 0.125. The van der Waals surface area contributed by atoms with Gasteiger partial charge in [0.2, 0.25) is 0 Å². The number of nitrogens with zero attached hydrogens (tertiary/aromatic N) is 2. The second-order valence-corrected chi connectivity index (χ2v) is 2.15. The Morgan fingerprint density at radius 1 is 1.77 bits per heavy atom. The monoisotopic (exact) mass is 179 g/mol. The topological polar surface area (TPSA) is 63.6 Å². The fourth-order valence-corrected chi connectivity index (χ4v) is 0.633. The Morgan fingerprint density at radius 3 is 3.23 bits per heavy atom. The van der Waals surface area contributed by atoms with Crippen LogP contribution in [0.3, 0.4) is 0 Å². The molecule has 0 aliphatic heterocycles. The van der Waals surface area contributed by atoms with E-state index in [0.717, 1.165) is 5.56 Å². The van der Waals surface area contributed by atoms with E-state index in [1.807, 2.05) is 0 Å². The molecule has 0 aromatic carbocycles. The van der Waals surface area contributed by atoms with Crippen molar-refractivity contribution < 1.29 is 9.63 Å². The summed E-state index contributed by atoms with van der Waals surface area (Å²) in [5, 5.41) is 5.70. The number of nitrogens with one attached hydrogen (secondary N) is 1. The molecular weight excluding hydrogens is 170 g/mol. The number of hydrogen-bond acceptors (Lipinski definition) is 4. The molecule has 0 bridgehead atoms. The average molecular weight is 179 g/mol. The van der Waals surface area contributed by atoms with E-state index >= 15 is 0 Å². The first-order valence-corrected chi connectivity index (χ1v) is 3.65. The van der Waals surface area contributed by atoms with Crippen LogP contribution in [0.5, 0.6) is 0 Å². The SMILES string of the molecule is CNC(=O)ON=Cc1cccnc1. The van der Waals surface area contributed by atoms with E-state index in [9.17, 15) is 4.79 Å². The van der Waals surface area contributed by atoms with E-state index in [2.05, 4.69) is 20.3 Å². The Balaban J connectivity index is 2.45. The minimum Gasteiger partial charge on any atom is -0.323 e. The molecule has 0 unspecified atom stereocenters. The first kappa shape index (κ1) is 9.18. The minimum absolute atomic E-state index is 0.597. The van der Waals surface area contributed by atoms with Gasteiger partial charge in [-0.2, -0.15) is 0 Å².